The highest BCUT2D eigenvalue weighted by Gasteiger charge is 2.62. The van der Waals surface area contributed by atoms with Crippen molar-refractivity contribution in [3.8, 4) is 0 Å². The summed E-state index contributed by atoms with van der Waals surface area (Å²) < 4.78 is 60.5. The lowest BCUT2D eigenvalue weighted by Crippen LogP contribution is -2.70. The number of hydrogen-bond acceptors (Lipinski definition) is 28. The summed E-state index contributed by atoms with van der Waals surface area (Å²) in [5.41, 5.74) is 5.25. The van der Waals surface area contributed by atoms with Gasteiger partial charge in [-0.2, -0.15) is 0 Å². The third kappa shape index (κ3) is 11.9. The number of rotatable bonds is 21. The minimum Gasteiger partial charge on any atom is -0.477 e. The van der Waals surface area contributed by atoms with E-state index >= 15 is 0 Å². The highest BCUT2D eigenvalue weighted by Crippen LogP contribution is 2.46. The van der Waals surface area contributed by atoms with Crippen LogP contribution >= 0.6 is 7.82 Å². The predicted octanol–water partition coefficient (Wildman–Crippen LogP) is -11.2. The average molecular weight is 966 g/mol. The Balaban J connectivity index is 1.76. The van der Waals surface area contributed by atoms with E-state index < -0.39 is 200 Å². The third-order valence-corrected chi connectivity index (χ3v) is 11.7. The lowest BCUT2D eigenvalue weighted by Gasteiger charge is -2.51. The van der Waals surface area contributed by atoms with Crippen molar-refractivity contribution in [2.45, 2.75) is 147 Å². The second-order valence-electron chi connectivity index (χ2n) is 15.2. The Labute approximate surface area is 360 Å². The maximum absolute atomic E-state index is 12.8. The van der Waals surface area contributed by atoms with Crippen molar-refractivity contribution in [1.29, 1.82) is 0 Å². The topological polar surface area (TPSA) is 524 Å². The van der Waals surface area contributed by atoms with Crippen LogP contribution < -0.4 is 5.73 Å². The highest BCUT2D eigenvalue weighted by atomic mass is 31.2. The van der Waals surface area contributed by atoms with E-state index in [2.05, 4.69) is 4.52 Å². The molecule has 20 N–H and O–H groups in total. The molecule has 0 aromatic carbocycles. The maximum Gasteiger partial charge on any atom is 0.472 e. The smallest absolute Gasteiger partial charge is 0.472 e. The van der Waals surface area contributed by atoms with Crippen molar-refractivity contribution in [3.05, 3.63) is 0 Å². The van der Waals surface area contributed by atoms with Crippen LogP contribution in [0.3, 0.4) is 0 Å². The van der Waals surface area contributed by atoms with Gasteiger partial charge >= 0.3 is 19.8 Å². The first kappa shape index (κ1) is 54.7. The average Bonchev–Trinajstić information content (AvgIpc) is 3.25. The molecule has 0 amide bonds. The van der Waals surface area contributed by atoms with E-state index in [9.17, 15) is 106 Å². The maximum atomic E-state index is 12.8. The van der Waals surface area contributed by atoms with Gasteiger partial charge in [-0.25, -0.2) is 14.2 Å². The molecular weight excluding hydrogens is 909 g/mol. The van der Waals surface area contributed by atoms with Crippen molar-refractivity contribution >= 4 is 19.8 Å². The zero-order valence-corrected chi connectivity index (χ0v) is 34.1. The Hall–Kier alpha value is -1.87. The van der Waals surface area contributed by atoms with Crippen LogP contribution in [0.25, 0.3) is 0 Å². The summed E-state index contributed by atoms with van der Waals surface area (Å²) in [6, 6.07) is 0. The first-order valence-electron chi connectivity index (χ1n) is 19.3. The Kier molecular flexibility index (Phi) is 19.2. The number of aliphatic hydroxyl groups excluding tert-OH is 14. The van der Waals surface area contributed by atoms with Crippen molar-refractivity contribution in [2.75, 3.05) is 39.6 Å². The van der Waals surface area contributed by atoms with Gasteiger partial charge in [0.1, 0.15) is 97.7 Å². The summed E-state index contributed by atoms with van der Waals surface area (Å²) in [7, 11) is -5.07. The molecule has 31 nitrogen and oxygen atoms in total. The van der Waals surface area contributed by atoms with Crippen molar-refractivity contribution in [3.63, 3.8) is 0 Å². The molecule has 23 atom stereocenters. The lowest BCUT2D eigenvalue weighted by molar-refractivity contribution is -0.402. The van der Waals surface area contributed by atoms with Crippen LogP contribution in [0.5, 0.6) is 0 Å². The summed E-state index contributed by atoms with van der Waals surface area (Å²) in [4.78, 5) is 35.2. The molecule has 0 bridgehead atoms. The quantitative estimate of drug-likeness (QED) is 0.0475. The van der Waals surface area contributed by atoms with E-state index in [4.69, 9.17) is 43.4 Å². The summed E-state index contributed by atoms with van der Waals surface area (Å²) in [5, 5.41) is 179. The second-order valence-corrected chi connectivity index (χ2v) is 16.6. The predicted molar refractivity (Wildman–Crippen MR) is 192 cm³/mol. The molecule has 4 aliphatic rings. The van der Waals surface area contributed by atoms with E-state index in [0.717, 1.165) is 0 Å². The Morgan fingerprint density at radius 3 is 1.77 bits per heavy atom. The van der Waals surface area contributed by atoms with E-state index in [-0.39, 0.29) is 6.54 Å². The molecule has 0 spiro atoms. The Bertz CT molecular complexity index is 1570. The molecule has 0 aromatic rings. The van der Waals surface area contributed by atoms with Gasteiger partial charge < -0.3 is 131 Å². The molecule has 0 radical (unpaired) electrons. The number of aliphatic hydroxyl groups is 15. The zero-order chi connectivity index (χ0) is 48.2. The molecule has 64 heavy (non-hydrogen) atoms. The van der Waals surface area contributed by atoms with Crippen LogP contribution in [-0.2, 0) is 56.4 Å². The van der Waals surface area contributed by atoms with E-state index in [1.54, 1.807) is 0 Å². The van der Waals surface area contributed by atoms with Gasteiger partial charge in [0.25, 0.3) is 11.6 Å². The number of nitrogens with two attached hydrogens (primary N) is 1. The molecular formula is C32H56NO30P. The number of phosphoric ester groups is 1. The van der Waals surface area contributed by atoms with Crippen LogP contribution in [0.1, 0.15) is 12.8 Å². The van der Waals surface area contributed by atoms with Crippen LogP contribution in [0, 0.1) is 0 Å². The number of ether oxygens (including phenoxy) is 7. The fraction of sp³-hybridized carbons (Fsp3) is 0.938. The minimum absolute atomic E-state index is 0.272. The van der Waals surface area contributed by atoms with Gasteiger partial charge in [-0.3, -0.25) is 9.05 Å². The monoisotopic (exact) mass is 965 g/mol. The summed E-state index contributed by atoms with van der Waals surface area (Å²) in [6.45, 7) is -5.79. The molecule has 4 rings (SSSR count). The Morgan fingerprint density at radius 2 is 1.22 bits per heavy atom. The van der Waals surface area contributed by atoms with Gasteiger partial charge in [-0.05, 0) is 0 Å². The van der Waals surface area contributed by atoms with Gasteiger partial charge in [0.15, 0.2) is 12.6 Å². The SMILES string of the molecule is NCCOP(=O)(O)O[C@@H](CO)[C@H]1O[C@H](O[C@@H]2[C@H](O)[C@@H](O[C@H]3[C@@H]([C@H](O)CO)O[C@@](O)(C(=O)O)C[C@H]3O[C@]3(C(=O)O)C[C@@H](O)[C@@H](O)[C@@H]([C@H](O)CO)O3)O[C@H]([C@@H](O)CO)[C@H]2O)[C@@H](O)[C@@H](O)[C@@H]1O. The fourth-order valence-electron chi connectivity index (χ4n) is 7.35. The number of hydrogen-bond donors (Lipinski definition) is 19. The molecule has 4 aliphatic heterocycles. The second kappa shape index (κ2) is 22.5. The molecule has 4 fully saturated rings. The standard InChI is InChI=1S/C32H56NO30P/c33-1-2-55-64(53,54)63-14(8-37)24-17(44)16(43)18(45)27(57-24)59-26-19(46)21(10(39)5-34)56-28(20(26)47)58-25-13(4-31(52,29(48)49)61-23(25)12(41)7-36)60-32(30(50)51)3-9(38)15(42)22(62-32)11(40)6-35/h9-28,34-47,52H,1-8,33H2,(H,48,49)(H,50,51)(H,53,54)/t9-,10+,11-,12-,13-,14+,15-,16+,17+,18+,19-,20+,21-,22-,23-,24-,25-,26+,27-,28-,31-,32-/m1/s1. The van der Waals surface area contributed by atoms with E-state index in [0.29, 0.717) is 0 Å². The van der Waals surface area contributed by atoms with Gasteiger partial charge in [-0.1, -0.05) is 0 Å². The normalized spacial score (nSPS) is 43.7. The van der Waals surface area contributed by atoms with Crippen molar-refractivity contribution < 1.29 is 148 Å². The molecule has 4 heterocycles. The minimum atomic E-state index is -5.07. The van der Waals surface area contributed by atoms with Crippen LogP contribution in [0.4, 0.5) is 0 Å². The first-order chi connectivity index (χ1) is 29.9. The van der Waals surface area contributed by atoms with Crippen LogP contribution in [0.15, 0.2) is 0 Å². The number of aliphatic carboxylic acids is 2. The number of carboxylic acid groups (broad SMARTS) is 2. The number of carboxylic acids is 2. The van der Waals surface area contributed by atoms with Crippen LogP contribution in [0.2, 0.25) is 0 Å². The highest BCUT2D eigenvalue weighted by molar-refractivity contribution is 7.47. The molecule has 4 saturated heterocycles. The number of phosphoric acid groups is 1. The van der Waals surface area contributed by atoms with Gasteiger partial charge in [-0.15, -0.1) is 0 Å². The zero-order valence-electron chi connectivity index (χ0n) is 33.2. The molecule has 1 unspecified atom stereocenters. The van der Waals surface area contributed by atoms with Crippen LogP contribution in [-0.4, -0.2) is 277 Å². The van der Waals surface area contributed by atoms with E-state index in [1.165, 1.54) is 0 Å². The molecule has 374 valence electrons. The molecule has 0 aromatic heterocycles. The summed E-state index contributed by atoms with van der Waals surface area (Å²) in [6.07, 6.45) is -47.8. The van der Waals surface area contributed by atoms with Gasteiger partial charge in [0.2, 0.25) is 0 Å². The third-order valence-electron chi connectivity index (χ3n) is 10.7. The first-order valence-corrected chi connectivity index (χ1v) is 20.8. The van der Waals surface area contributed by atoms with Crippen molar-refractivity contribution in [1.82, 2.24) is 0 Å². The number of carbonyl (C=O) groups is 2. The molecule has 0 aliphatic carbocycles. The van der Waals surface area contributed by atoms with Gasteiger partial charge in [0.05, 0.1) is 45.2 Å². The van der Waals surface area contributed by atoms with Crippen molar-refractivity contribution in [2.24, 2.45) is 5.73 Å². The largest absolute Gasteiger partial charge is 0.477 e. The summed E-state index contributed by atoms with van der Waals surface area (Å²) in [5.74, 6) is -11.1. The lowest BCUT2D eigenvalue weighted by atomic mass is 9.89. The summed E-state index contributed by atoms with van der Waals surface area (Å²) >= 11 is 0. The Morgan fingerprint density at radius 1 is 0.672 bits per heavy atom. The van der Waals surface area contributed by atoms with Gasteiger partial charge in [0, 0.05) is 19.4 Å². The van der Waals surface area contributed by atoms with E-state index in [1.807, 2.05) is 0 Å². The fourth-order valence-corrected chi connectivity index (χ4v) is 8.28. The molecule has 0 saturated carbocycles. The molecule has 32 heteroatoms.